The lowest BCUT2D eigenvalue weighted by atomic mass is 9.95. The van der Waals surface area contributed by atoms with Gasteiger partial charge in [-0.05, 0) is 41.8 Å². The molecule has 6 heteroatoms. The molecule has 136 valence electrons. The van der Waals surface area contributed by atoms with Crippen LogP contribution in [0.1, 0.15) is 29.6 Å². The van der Waals surface area contributed by atoms with Crippen LogP contribution >= 0.6 is 0 Å². The fourth-order valence-electron chi connectivity index (χ4n) is 2.71. The third-order valence-electron chi connectivity index (χ3n) is 4.18. The first-order chi connectivity index (χ1) is 12.0. The maximum absolute atomic E-state index is 6.34. The van der Waals surface area contributed by atoms with Crippen LogP contribution in [-0.2, 0) is 0 Å². The maximum atomic E-state index is 6.34. The molecule has 2 rings (SSSR count). The molecule has 2 aromatic rings. The molecule has 0 heterocycles. The Morgan fingerprint density at radius 3 is 1.32 bits per heavy atom. The van der Waals surface area contributed by atoms with Gasteiger partial charge in [0.05, 0.1) is 28.4 Å². The standard InChI is InChI=1S/C19H26N2O4/c1-22-16-7-5-12(9-18(16)24-3)14(20)11-15(21)13-6-8-17(23-2)19(10-13)25-4/h5-10,14-15H,11,20-21H2,1-4H3. The third kappa shape index (κ3) is 4.35. The van der Waals surface area contributed by atoms with E-state index in [1.54, 1.807) is 28.4 Å². The molecule has 4 N–H and O–H groups in total. The summed E-state index contributed by atoms with van der Waals surface area (Å²) in [6.07, 6.45) is 0.574. The van der Waals surface area contributed by atoms with Gasteiger partial charge in [0.1, 0.15) is 0 Å². The normalized spacial score (nSPS) is 13.0. The second-order valence-electron chi connectivity index (χ2n) is 5.68. The van der Waals surface area contributed by atoms with Crippen LogP contribution in [0.2, 0.25) is 0 Å². The quantitative estimate of drug-likeness (QED) is 0.764. The molecule has 25 heavy (non-hydrogen) atoms. The van der Waals surface area contributed by atoms with Crippen molar-refractivity contribution in [2.45, 2.75) is 18.5 Å². The molecule has 2 aromatic carbocycles. The van der Waals surface area contributed by atoms with Gasteiger partial charge in [-0.2, -0.15) is 0 Å². The van der Waals surface area contributed by atoms with Gasteiger partial charge in [-0.15, -0.1) is 0 Å². The Balaban J connectivity index is 2.15. The summed E-state index contributed by atoms with van der Waals surface area (Å²) in [4.78, 5) is 0. The highest BCUT2D eigenvalue weighted by molar-refractivity contribution is 5.45. The number of methoxy groups -OCH3 is 4. The van der Waals surface area contributed by atoms with Crippen LogP contribution in [0.15, 0.2) is 36.4 Å². The molecule has 0 radical (unpaired) electrons. The van der Waals surface area contributed by atoms with E-state index in [4.69, 9.17) is 30.4 Å². The molecular weight excluding hydrogens is 320 g/mol. The van der Waals surface area contributed by atoms with Crippen LogP contribution in [0.25, 0.3) is 0 Å². The van der Waals surface area contributed by atoms with Gasteiger partial charge in [-0.1, -0.05) is 12.1 Å². The zero-order chi connectivity index (χ0) is 18.4. The van der Waals surface area contributed by atoms with Crippen molar-refractivity contribution in [2.24, 2.45) is 11.5 Å². The fourth-order valence-corrected chi connectivity index (χ4v) is 2.71. The fraction of sp³-hybridized carbons (Fsp3) is 0.368. The lowest BCUT2D eigenvalue weighted by Crippen LogP contribution is -2.20. The van der Waals surface area contributed by atoms with Crippen LogP contribution in [-0.4, -0.2) is 28.4 Å². The van der Waals surface area contributed by atoms with Gasteiger partial charge < -0.3 is 30.4 Å². The van der Waals surface area contributed by atoms with Crippen molar-refractivity contribution in [2.75, 3.05) is 28.4 Å². The van der Waals surface area contributed by atoms with Crippen LogP contribution in [0, 0.1) is 0 Å². The molecule has 2 unspecified atom stereocenters. The van der Waals surface area contributed by atoms with E-state index >= 15 is 0 Å². The average Bonchev–Trinajstić information content (AvgIpc) is 2.66. The number of hydrogen-bond donors (Lipinski definition) is 2. The Kier molecular flexibility index (Phi) is 6.50. The van der Waals surface area contributed by atoms with Crippen molar-refractivity contribution < 1.29 is 18.9 Å². The topological polar surface area (TPSA) is 89.0 Å². The smallest absolute Gasteiger partial charge is 0.161 e. The molecule has 0 saturated heterocycles. The highest BCUT2D eigenvalue weighted by Crippen LogP contribution is 2.34. The molecular formula is C19H26N2O4. The van der Waals surface area contributed by atoms with Gasteiger partial charge in [0.2, 0.25) is 0 Å². The lowest BCUT2D eigenvalue weighted by Gasteiger charge is -2.20. The van der Waals surface area contributed by atoms with Gasteiger partial charge in [0.25, 0.3) is 0 Å². The Labute approximate surface area is 148 Å². The molecule has 0 aliphatic rings. The summed E-state index contributed by atoms with van der Waals surface area (Å²) in [5, 5.41) is 0. The lowest BCUT2D eigenvalue weighted by molar-refractivity contribution is 0.353. The van der Waals surface area contributed by atoms with E-state index in [1.165, 1.54) is 0 Å². The molecule has 0 bridgehead atoms. The maximum Gasteiger partial charge on any atom is 0.161 e. The van der Waals surface area contributed by atoms with E-state index in [2.05, 4.69) is 0 Å². The average molecular weight is 346 g/mol. The Hall–Kier alpha value is -2.44. The van der Waals surface area contributed by atoms with Crippen LogP contribution in [0.5, 0.6) is 23.0 Å². The van der Waals surface area contributed by atoms with Crippen LogP contribution in [0.3, 0.4) is 0 Å². The summed E-state index contributed by atoms with van der Waals surface area (Å²) >= 11 is 0. The molecule has 0 aliphatic heterocycles. The van der Waals surface area contributed by atoms with Gasteiger partial charge in [-0.3, -0.25) is 0 Å². The highest BCUT2D eigenvalue weighted by Gasteiger charge is 2.17. The predicted molar refractivity (Wildman–Crippen MR) is 97.6 cm³/mol. The summed E-state index contributed by atoms with van der Waals surface area (Å²) < 4.78 is 21.2. The summed E-state index contributed by atoms with van der Waals surface area (Å²) in [6.45, 7) is 0. The highest BCUT2D eigenvalue weighted by atomic mass is 16.5. The van der Waals surface area contributed by atoms with E-state index in [9.17, 15) is 0 Å². The molecule has 6 nitrogen and oxygen atoms in total. The molecule has 0 saturated carbocycles. The van der Waals surface area contributed by atoms with Gasteiger partial charge in [0.15, 0.2) is 23.0 Å². The van der Waals surface area contributed by atoms with E-state index < -0.39 is 0 Å². The molecule has 0 spiro atoms. The summed E-state index contributed by atoms with van der Waals surface area (Å²) in [6, 6.07) is 10.8. The van der Waals surface area contributed by atoms with E-state index in [0.717, 1.165) is 11.1 Å². The Morgan fingerprint density at radius 2 is 1.00 bits per heavy atom. The van der Waals surface area contributed by atoms with Crippen molar-refractivity contribution in [3.63, 3.8) is 0 Å². The van der Waals surface area contributed by atoms with Gasteiger partial charge >= 0.3 is 0 Å². The monoisotopic (exact) mass is 346 g/mol. The van der Waals surface area contributed by atoms with Crippen molar-refractivity contribution >= 4 is 0 Å². The first-order valence-electron chi connectivity index (χ1n) is 7.99. The van der Waals surface area contributed by atoms with E-state index in [0.29, 0.717) is 29.4 Å². The predicted octanol–water partition coefficient (Wildman–Crippen LogP) is 2.81. The summed E-state index contributed by atoms with van der Waals surface area (Å²) in [7, 11) is 6.40. The minimum Gasteiger partial charge on any atom is -0.493 e. The number of rotatable bonds is 8. The van der Waals surface area contributed by atoms with Crippen molar-refractivity contribution in [3.8, 4) is 23.0 Å². The van der Waals surface area contributed by atoms with Crippen molar-refractivity contribution in [1.29, 1.82) is 0 Å². The van der Waals surface area contributed by atoms with E-state index in [-0.39, 0.29) is 12.1 Å². The van der Waals surface area contributed by atoms with Crippen molar-refractivity contribution in [3.05, 3.63) is 47.5 Å². The number of ether oxygens (including phenoxy) is 4. The Morgan fingerprint density at radius 1 is 0.640 bits per heavy atom. The molecule has 0 aromatic heterocycles. The zero-order valence-electron chi connectivity index (χ0n) is 15.1. The van der Waals surface area contributed by atoms with E-state index in [1.807, 2.05) is 36.4 Å². The first kappa shape index (κ1) is 18.9. The second-order valence-corrected chi connectivity index (χ2v) is 5.68. The second kappa shape index (κ2) is 8.60. The minimum atomic E-state index is -0.233. The SMILES string of the molecule is COc1ccc(C(N)CC(N)c2ccc(OC)c(OC)c2)cc1OC. The van der Waals surface area contributed by atoms with Gasteiger partial charge in [0, 0.05) is 12.1 Å². The third-order valence-corrected chi connectivity index (χ3v) is 4.18. The molecule has 2 atom stereocenters. The van der Waals surface area contributed by atoms with Crippen LogP contribution in [0.4, 0.5) is 0 Å². The number of hydrogen-bond acceptors (Lipinski definition) is 6. The van der Waals surface area contributed by atoms with Crippen LogP contribution < -0.4 is 30.4 Å². The largest absolute Gasteiger partial charge is 0.493 e. The zero-order valence-corrected chi connectivity index (χ0v) is 15.1. The molecule has 0 aliphatic carbocycles. The number of nitrogens with two attached hydrogens (primary N) is 2. The molecule has 0 amide bonds. The Bertz CT molecular complexity index is 646. The summed E-state index contributed by atoms with van der Waals surface area (Å²) in [5.41, 5.74) is 14.6. The number of benzene rings is 2. The molecule has 0 fully saturated rings. The first-order valence-corrected chi connectivity index (χ1v) is 7.99. The minimum absolute atomic E-state index is 0.233. The van der Waals surface area contributed by atoms with Gasteiger partial charge in [-0.25, -0.2) is 0 Å². The summed E-state index contributed by atoms with van der Waals surface area (Å²) in [5.74, 6) is 2.63. The van der Waals surface area contributed by atoms with Crippen molar-refractivity contribution in [1.82, 2.24) is 0 Å².